The molecule has 3 aromatic heterocycles. The Bertz CT molecular complexity index is 1420. The van der Waals surface area contributed by atoms with Gasteiger partial charge in [0.05, 0.1) is 12.6 Å². The first-order chi connectivity index (χ1) is 17.7. The lowest BCUT2D eigenvalue weighted by molar-refractivity contribution is -0.141. The summed E-state index contributed by atoms with van der Waals surface area (Å²) in [6.45, 7) is 1.82. The third kappa shape index (κ3) is 4.66. The van der Waals surface area contributed by atoms with Gasteiger partial charge in [-0.15, -0.1) is 0 Å². The Labute approximate surface area is 208 Å². The van der Waals surface area contributed by atoms with E-state index in [0.717, 1.165) is 18.9 Å². The molecule has 11 nitrogen and oxygen atoms in total. The molecule has 6 rings (SSSR count). The molecule has 3 fully saturated rings. The molecule has 14 heteroatoms. The molecular formula is C23H22F3N9O2. The molecule has 0 aromatic carbocycles. The van der Waals surface area contributed by atoms with Crippen LogP contribution in [0.2, 0.25) is 0 Å². The quantitative estimate of drug-likeness (QED) is 0.389. The lowest BCUT2D eigenvalue weighted by Gasteiger charge is -2.35. The van der Waals surface area contributed by atoms with Crippen molar-refractivity contribution in [2.45, 2.75) is 31.5 Å². The number of hydrogen-bond acceptors (Lipinski definition) is 9. The van der Waals surface area contributed by atoms with Crippen LogP contribution in [0.4, 0.5) is 30.9 Å². The topological polar surface area (TPSA) is 121 Å². The Morgan fingerprint density at radius 1 is 1.03 bits per heavy atom. The molecule has 3 aromatic rings. The fraction of sp³-hybridized carbons (Fsp3) is 0.391. The normalized spacial score (nSPS) is 19.7. The zero-order chi connectivity index (χ0) is 25.7. The van der Waals surface area contributed by atoms with Gasteiger partial charge < -0.3 is 15.1 Å². The molecule has 37 heavy (non-hydrogen) atoms. The summed E-state index contributed by atoms with van der Waals surface area (Å²) >= 11 is 0. The number of anilines is 3. The zero-order valence-corrected chi connectivity index (χ0v) is 19.5. The molecule has 0 spiro atoms. The van der Waals surface area contributed by atoms with Gasteiger partial charge in [0, 0.05) is 43.4 Å². The highest BCUT2D eigenvalue weighted by atomic mass is 19.4. The highest BCUT2D eigenvalue weighted by molar-refractivity contribution is 6.15. The van der Waals surface area contributed by atoms with Crippen molar-refractivity contribution in [1.29, 1.82) is 0 Å². The van der Waals surface area contributed by atoms with Gasteiger partial charge in [-0.25, -0.2) is 4.98 Å². The molecule has 2 saturated heterocycles. The molecule has 0 bridgehead atoms. The summed E-state index contributed by atoms with van der Waals surface area (Å²) in [5, 5.41) is 10.0. The van der Waals surface area contributed by atoms with Gasteiger partial charge >= 0.3 is 6.18 Å². The number of imide groups is 1. The van der Waals surface area contributed by atoms with Crippen molar-refractivity contribution in [3.8, 4) is 0 Å². The van der Waals surface area contributed by atoms with Gasteiger partial charge in [0.1, 0.15) is 11.5 Å². The SMILES string of the molecule is O=C1C/C(=C\c2cnn3c(NC4CC4)nc(N4CCN(c5cccc(C(F)(F)F)n5)CC4)nc23)C(=O)N1. The second-order valence-electron chi connectivity index (χ2n) is 9.18. The summed E-state index contributed by atoms with van der Waals surface area (Å²) < 4.78 is 40.9. The number of nitrogens with zero attached hydrogens (tertiary/aromatic N) is 7. The molecule has 2 amide bonds. The summed E-state index contributed by atoms with van der Waals surface area (Å²) in [5.41, 5.74) is 0.472. The number of rotatable bonds is 5. The first-order valence-electron chi connectivity index (χ1n) is 11.9. The van der Waals surface area contributed by atoms with Crippen molar-refractivity contribution in [2.24, 2.45) is 0 Å². The van der Waals surface area contributed by atoms with Crippen LogP contribution in [0.15, 0.2) is 30.0 Å². The predicted molar refractivity (Wildman–Crippen MR) is 127 cm³/mol. The van der Waals surface area contributed by atoms with Crippen molar-refractivity contribution < 1.29 is 22.8 Å². The van der Waals surface area contributed by atoms with Crippen LogP contribution in [-0.4, -0.2) is 68.6 Å². The van der Waals surface area contributed by atoms with Gasteiger partial charge in [-0.1, -0.05) is 6.07 Å². The molecule has 5 heterocycles. The van der Waals surface area contributed by atoms with Crippen LogP contribution < -0.4 is 20.4 Å². The van der Waals surface area contributed by atoms with Crippen molar-refractivity contribution in [1.82, 2.24) is 29.9 Å². The largest absolute Gasteiger partial charge is 0.433 e. The maximum atomic E-state index is 13.1. The van der Waals surface area contributed by atoms with Crippen LogP contribution in [0.25, 0.3) is 11.7 Å². The smallest absolute Gasteiger partial charge is 0.353 e. The summed E-state index contributed by atoms with van der Waals surface area (Å²) in [5.74, 6) is 0.443. The van der Waals surface area contributed by atoms with Gasteiger partial charge in [0.2, 0.25) is 17.8 Å². The fourth-order valence-electron chi connectivity index (χ4n) is 4.33. The number of fused-ring (bicyclic) bond motifs is 1. The van der Waals surface area contributed by atoms with Crippen LogP contribution >= 0.6 is 0 Å². The van der Waals surface area contributed by atoms with Gasteiger partial charge in [0.15, 0.2) is 5.65 Å². The second kappa shape index (κ2) is 8.71. The van der Waals surface area contributed by atoms with Crippen LogP contribution in [0.3, 0.4) is 0 Å². The molecular weight excluding hydrogens is 491 g/mol. The highest BCUT2D eigenvalue weighted by Crippen LogP contribution is 2.30. The van der Waals surface area contributed by atoms with E-state index in [4.69, 9.17) is 4.98 Å². The summed E-state index contributed by atoms with van der Waals surface area (Å²) in [4.78, 5) is 40.6. The molecule has 0 radical (unpaired) electrons. The van der Waals surface area contributed by atoms with E-state index in [9.17, 15) is 22.8 Å². The van der Waals surface area contributed by atoms with E-state index in [1.54, 1.807) is 27.8 Å². The number of alkyl halides is 3. The van der Waals surface area contributed by atoms with E-state index in [2.05, 4.69) is 25.7 Å². The molecule has 0 unspecified atom stereocenters. The third-order valence-electron chi connectivity index (χ3n) is 6.43. The van der Waals surface area contributed by atoms with Crippen molar-refractivity contribution in [2.75, 3.05) is 41.3 Å². The molecule has 2 N–H and O–H groups in total. The monoisotopic (exact) mass is 513 g/mol. The fourth-order valence-corrected chi connectivity index (χ4v) is 4.33. The lowest BCUT2D eigenvalue weighted by atomic mass is 10.1. The number of hydrogen-bond donors (Lipinski definition) is 2. The Balaban J connectivity index is 1.27. The van der Waals surface area contributed by atoms with Gasteiger partial charge in [-0.2, -0.15) is 32.8 Å². The first-order valence-corrected chi connectivity index (χ1v) is 11.9. The second-order valence-corrected chi connectivity index (χ2v) is 9.18. The molecule has 3 aliphatic rings. The van der Waals surface area contributed by atoms with Crippen molar-refractivity contribution >= 4 is 41.3 Å². The summed E-state index contributed by atoms with van der Waals surface area (Å²) in [7, 11) is 0. The number of piperazine rings is 1. The van der Waals surface area contributed by atoms with E-state index >= 15 is 0 Å². The summed E-state index contributed by atoms with van der Waals surface area (Å²) in [6.07, 6.45) is 0.710. The molecule has 0 atom stereocenters. The average Bonchev–Trinajstić information content (AvgIpc) is 3.51. The molecule has 2 aliphatic heterocycles. The number of pyridine rings is 1. The maximum Gasteiger partial charge on any atom is 0.433 e. The van der Waals surface area contributed by atoms with Gasteiger partial charge in [-0.05, 0) is 31.1 Å². The van der Waals surface area contributed by atoms with Crippen LogP contribution in [-0.2, 0) is 15.8 Å². The Kier molecular flexibility index (Phi) is 5.46. The Hall–Kier alpha value is -4.23. The number of carbonyl (C=O) groups excluding carboxylic acids is 2. The van der Waals surface area contributed by atoms with Gasteiger partial charge in [0.25, 0.3) is 5.91 Å². The maximum absolute atomic E-state index is 13.1. The minimum absolute atomic E-state index is 0.00711. The Morgan fingerprint density at radius 2 is 1.78 bits per heavy atom. The van der Waals surface area contributed by atoms with E-state index in [-0.39, 0.29) is 18.1 Å². The van der Waals surface area contributed by atoms with Crippen molar-refractivity contribution in [3.05, 3.63) is 41.2 Å². The minimum Gasteiger partial charge on any atom is -0.353 e. The van der Waals surface area contributed by atoms with Crippen molar-refractivity contribution in [3.63, 3.8) is 0 Å². The highest BCUT2D eigenvalue weighted by Gasteiger charge is 2.33. The molecule has 192 valence electrons. The van der Waals surface area contributed by atoms with E-state index in [1.165, 1.54) is 6.07 Å². The lowest BCUT2D eigenvalue weighted by Crippen LogP contribution is -2.47. The van der Waals surface area contributed by atoms with Crippen LogP contribution in [0.5, 0.6) is 0 Å². The summed E-state index contributed by atoms with van der Waals surface area (Å²) in [6, 6.07) is 4.18. The van der Waals surface area contributed by atoms with Gasteiger partial charge in [-0.3, -0.25) is 14.9 Å². The van der Waals surface area contributed by atoms with Crippen LogP contribution in [0, 0.1) is 0 Å². The number of carbonyl (C=O) groups is 2. The average molecular weight is 513 g/mol. The minimum atomic E-state index is -4.50. The standard InChI is InChI=1S/C23H22F3N9O2/c24-23(25,26)16-2-1-3-17(29-16)33-6-8-34(9-7-33)21-31-19-14(10-13-11-18(36)30-20(13)37)12-27-35(19)22(32-21)28-15-4-5-15/h1-3,10,12,15H,4-9,11H2,(H,28,31,32)(H,30,36,37)/b13-10+. The van der Waals surface area contributed by atoms with E-state index < -0.39 is 17.8 Å². The molecule has 1 aliphatic carbocycles. The number of aromatic nitrogens is 5. The number of amides is 2. The number of halogens is 3. The number of nitrogens with one attached hydrogen (secondary N) is 2. The predicted octanol–water partition coefficient (Wildman–Crippen LogP) is 1.87. The zero-order valence-electron chi connectivity index (χ0n) is 19.5. The first kappa shape index (κ1) is 23.2. The third-order valence-corrected chi connectivity index (χ3v) is 6.43. The van der Waals surface area contributed by atoms with Crippen LogP contribution in [0.1, 0.15) is 30.5 Å². The van der Waals surface area contributed by atoms with E-state index in [1.807, 2.05) is 4.90 Å². The molecule has 1 saturated carbocycles. The Morgan fingerprint density at radius 3 is 2.46 bits per heavy atom. The van der Waals surface area contributed by atoms with E-state index in [0.29, 0.717) is 60.9 Å².